The van der Waals surface area contributed by atoms with Crippen molar-refractivity contribution in [3.63, 3.8) is 0 Å². The van der Waals surface area contributed by atoms with Crippen molar-refractivity contribution in [2.45, 2.75) is 19.3 Å². The summed E-state index contributed by atoms with van der Waals surface area (Å²) in [5, 5.41) is 0. The molecule has 0 aliphatic rings. The van der Waals surface area contributed by atoms with Gasteiger partial charge in [0.05, 0.1) is 11.0 Å². The first-order chi connectivity index (χ1) is 9.89. The van der Waals surface area contributed by atoms with Gasteiger partial charge in [-0.2, -0.15) is 0 Å². The molecule has 0 fully saturated rings. The van der Waals surface area contributed by atoms with Crippen LogP contribution in [-0.2, 0) is 12.5 Å². The van der Waals surface area contributed by atoms with E-state index in [4.69, 9.17) is 5.73 Å². The van der Waals surface area contributed by atoms with Crippen molar-refractivity contribution in [1.29, 1.82) is 0 Å². The third-order valence-corrected chi connectivity index (χ3v) is 4.03. The first-order valence-corrected chi connectivity index (χ1v) is 6.88. The molecular formula is C17H18FN3. The maximum absolute atomic E-state index is 13.4. The van der Waals surface area contributed by atoms with Crippen molar-refractivity contribution >= 4 is 16.7 Å². The number of benzene rings is 2. The Morgan fingerprint density at radius 3 is 2.43 bits per heavy atom. The average molecular weight is 283 g/mol. The fourth-order valence-electron chi connectivity index (χ4n) is 2.76. The predicted octanol–water partition coefficient (Wildman–Crippen LogP) is 3.62. The second-order valence-electron chi connectivity index (χ2n) is 5.87. The van der Waals surface area contributed by atoms with Crippen LogP contribution in [0.3, 0.4) is 0 Å². The van der Waals surface area contributed by atoms with Gasteiger partial charge in [0, 0.05) is 24.2 Å². The number of nitrogens with two attached hydrogens (primary N) is 1. The number of nitrogens with zero attached hydrogens (tertiary/aromatic N) is 2. The molecular weight excluding hydrogens is 265 g/mol. The molecule has 0 amide bonds. The van der Waals surface area contributed by atoms with E-state index in [-0.39, 0.29) is 11.2 Å². The Bertz CT molecular complexity index is 801. The lowest BCUT2D eigenvalue weighted by molar-refractivity contribution is 0.567. The average Bonchev–Trinajstić information content (AvgIpc) is 2.76. The van der Waals surface area contributed by atoms with Crippen LogP contribution in [0, 0.1) is 5.82 Å². The molecule has 0 aliphatic heterocycles. The highest BCUT2D eigenvalue weighted by Crippen LogP contribution is 2.33. The molecule has 0 bridgehead atoms. The number of aromatic nitrogens is 2. The fraction of sp³-hybridized carbons (Fsp3) is 0.235. The first-order valence-electron chi connectivity index (χ1n) is 6.88. The summed E-state index contributed by atoms with van der Waals surface area (Å²) in [4.78, 5) is 4.64. The van der Waals surface area contributed by atoms with E-state index in [9.17, 15) is 4.39 Å². The minimum atomic E-state index is -0.294. The summed E-state index contributed by atoms with van der Waals surface area (Å²) in [5.74, 6) is 0.630. The molecule has 0 spiro atoms. The van der Waals surface area contributed by atoms with Gasteiger partial charge in [-0.25, -0.2) is 9.37 Å². The van der Waals surface area contributed by atoms with Gasteiger partial charge in [-0.15, -0.1) is 0 Å². The quantitative estimate of drug-likeness (QED) is 0.730. The molecule has 0 saturated carbocycles. The molecule has 2 N–H and O–H groups in total. The van der Waals surface area contributed by atoms with Crippen LogP contribution < -0.4 is 5.73 Å². The number of nitrogen functional groups attached to an aromatic ring is 1. The number of hydrogen-bond acceptors (Lipinski definition) is 2. The van der Waals surface area contributed by atoms with Crippen molar-refractivity contribution in [2.75, 3.05) is 5.73 Å². The lowest BCUT2D eigenvalue weighted by atomic mass is 9.83. The van der Waals surface area contributed by atoms with Crippen LogP contribution in [0.4, 0.5) is 10.1 Å². The van der Waals surface area contributed by atoms with E-state index in [1.165, 1.54) is 12.1 Å². The highest BCUT2D eigenvalue weighted by Gasteiger charge is 2.28. The van der Waals surface area contributed by atoms with Gasteiger partial charge in [-0.3, -0.25) is 0 Å². The Kier molecular flexibility index (Phi) is 2.97. The normalized spacial score (nSPS) is 12.0. The minimum absolute atomic E-state index is 0.266. The van der Waals surface area contributed by atoms with Gasteiger partial charge in [0.25, 0.3) is 0 Å². The van der Waals surface area contributed by atoms with Crippen molar-refractivity contribution in [2.24, 2.45) is 7.05 Å². The smallest absolute Gasteiger partial charge is 0.125 e. The Labute approximate surface area is 123 Å². The zero-order chi connectivity index (χ0) is 15.2. The highest BCUT2D eigenvalue weighted by atomic mass is 19.1. The lowest BCUT2D eigenvalue weighted by Gasteiger charge is -2.25. The molecule has 3 rings (SSSR count). The van der Waals surface area contributed by atoms with Gasteiger partial charge in [-0.05, 0) is 43.7 Å². The van der Waals surface area contributed by atoms with Gasteiger partial charge in [0.15, 0.2) is 0 Å². The Balaban J connectivity index is 2.18. The topological polar surface area (TPSA) is 43.8 Å². The molecule has 21 heavy (non-hydrogen) atoms. The van der Waals surface area contributed by atoms with E-state index in [1.54, 1.807) is 6.07 Å². The predicted molar refractivity (Wildman–Crippen MR) is 83.7 cm³/mol. The van der Waals surface area contributed by atoms with E-state index in [0.717, 1.165) is 22.6 Å². The van der Waals surface area contributed by atoms with Crippen LogP contribution in [-0.4, -0.2) is 9.55 Å². The second-order valence-corrected chi connectivity index (χ2v) is 5.87. The molecule has 0 atom stereocenters. The zero-order valence-electron chi connectivity index (χ0n) is 12.4. The van der Waals surface area contributed by atoms with Crippen LogP contribution in [0.1, 0.15) is 25.2 Å². The number of aryl methyl sites for hydroxylation is 1. The summed E-state index contributed by atoms with van der Waals surface area (Å²) >= 11 is 0. The van der Waals surface area contributed by atoms with Gasteiger partial charge in [-0.1, -0.05) is 12.1 Å². The van der Waals surface area contributed by atoms with Crippen molar-refractivity contribution in [3.05, 3.63) is 59.7 Å². The molecule has 3 aromatic rings. The van der Waals surface area contributed by atoms with E-state index in [0.29, 0.717) is 5.52 Å². The largest absolute Gasteiger partial charge is 0.399 e. The molecule has 4 heteroatoms. The van der Waals surface area contributed by atoms with E-state index < -0.39 is 0 Å². The van der Waals surface area contributed by atoms with Crippen LogP contribution in [0.15, 0.2) is 42.5 Å². The minimum Gasteiger partial charge on any atom is -0.399 e. The Hall–Kier alpha value is -2.36. The molecule has 2 aromatic carbocycles. The monoisotopic (exact) mass is 283 g/mol. The number of fused-ring (bicyclic) bond motifs is 1. The molecule has 1 heterocycles. The highest BCUT2D eigenvalue weighted by molar-refractivity contribution is 5.76. The number of halogens is 1. The summed E-state index contributed by atoms with van der Waals surface area (Å²) in [6.45, 7) is 4.21. The molecule has 0 unspecified atom stereocenters. The van der Waals surface area contributed by atoms with Crippen molar-refractivity contribution in [1.82, 2.24) is 9.55 Å². The van der Waals surface area contributed by atoms with E-state index >= 15 is 0 Å². The summed E-state index contributed by atoms with van der Waals surface area (Å²) in [6, 6.07) is 12.5. The van der Waals surface area contributed by atoms with Gasteiger partial charge >= 0.3 is 0 Å². The Morgan fingerprint density at radius 2 is 1.76 bits per heavy atom. The molecule has 3 nitrogen and oxygen atoms in total. The maximum atomic E-state index is 13.4. The van der Waals surface area contributed by atoms with Crippen molar-refractivity contribution in [3.8, 4) is 0 Å². The summed E-state index contributed by atoms with van der Waals surface area (Å²) in [5.41, 5.74) is 8.92. The standard InChI is InChI=1S/C17H18FN3/c1-17(2,11-4-7-13(19)8-5-11)16-20-14-10-12(18)6-9-15(14)21(16)3/h4-10H,19H2,1-3H3. The van der Waals surface area contributed by atoms with Crippen LogP contribution in [0.5, 0.6) is 0 Å². The SMILES string of the molecule is Cn1c(C(C)(C)c2ccc(N)cc2)nc2cc(F)ccc21. The van der Waals surface area contributed by atoms with Gasteiger partial charge < -0.3 is 10.3 Å². The van der Waals surface area contributed by atoms with Crippen molar-refractivity contribution < 1.29 is 4.39 Å². The molecule has 108 valence electrons. The molecule has 0 radical (unpaired) electrons. The van der Waals surface area contributed by atoms with E-state index in [2.05, 4.69) is 18.8 Å². The summed E-state index contributed by atoms with van der Waals surface area (Å²) in [6.07, 6.45) is 0. The molecule has 0 aliphatic carbocycles. The summed E-state index contributed by atoms with van der Waals surface area (Å²) < 4.78 is 15.4. The second kappa shape index (κ2) is 4.58. The number of hydrogen-bond donors (Lipinski definition) is 1. The van der Waals surface area contributed by atoms with Gasteiger partial charge in [0.2, 0.25) is 0 Å². The maximum Gasteiger partial charge on any atom is 0.125 e. The van der Waals surface area contributed by atoms with Gasteiger partial charge in [0.1, 0.15) is 11.6 Å². The van der Waals surface area contributed by atoms with E-state index in [1.807, 2.05) is 35.9 Å². The molecule has 0 saturated heterocycles. The number of imidazole rings is 1. The Morgan fingerprint density at radius 1 is 1.10 bits per heavy atom. The lowest BCUT2D eigenvalue weighted by Crippen LogP contribution is -2.23. The van der Waals surface area contributed by atoms with Crippen LogP contribution in [0.25, 0.3) is 11.0 Å². The molecule has 1 aromatic heterocycles. The zero-order valence-corrected chi connectivity index (χ0v) is 12.4. The fourth-order valence-corrected chi connectivity index (χ4v) is 2.76. The third kappa shape index (κ3) is 2.17. The third-order valence-electron chi connectivity index (χ3n) is 4.03. The first kappa shape index (κ1) is 13.6. The summed E-state index contributed by atoms with van der Waals surface area (Å²) in [7, 11) is 1.96. The number of anilines is 1. The van der Waals surface area contributed by atoms with Crippen LogP contribution in [0.2, 0.25) is 0 Å². The van der Waals surface area contributed by atoms with Crippen LogP contribution >= 0.6 is 0 Å². The number of rotatable bonds is 2.